The van der Waals surface area contributed by atoms with Crippen LogP contribution in [-0.4, -0.2) is 26.5 Å². The summed E-state index contributed by atoms with van der Waals surface area (Å²) in [6.07, 6.45) is 3.11. The zero-order valence-corrected chi connectivity index (χ0v) is 9.98. The number of halogens is 1. The minimum Gasteiger partial charge on any atom is -0.508 e. The Morgan fingerprint density at radius 1 is 1.22 bits per heavy atom. The van der Waals surface area contributed by atoms with E-state index in [0.717, 1.165) is 5.69 Å². The molecule has 18 heavy (non-hydrogen) atoms. The van der Waals surface area contributed by atoms with Gasteiger partial charge in [0.25, 0.3) is 0 Å². The molecule has 0 fully saturated rings. The molecule has 6 nitrogen and oxygen atoms in total. The predicted molar refractivity (Wildman–Crippen MR) is 69.6 cm³/mol. The number of aromatic amines is 1. The third-order valence-corrected chi connectivity index (χ3v) is 2.68. The van der Waals surface area contributed by atoms with Crippen LogP contribution in [-0.2, 0) is 0 Å². The fourth-order valence-corrected chi connectivity index (χ4v) is 1.87. The van der Waals surface area contributed by atoms with Gasteiger partial charge in [-0.2, -0.15) is 0 Å². The van der Waals surface area contributed by atoms with Crippen molar-refractivity contribution in [3.8, 4) is 11.5 Å². The highest BCUT2D eigenvalue weighted by atomic mass is 35.5. The van der Waals surface area contributed by atoms with Crippen molar-refractivity contribution in [3.05, 3.63) is 35.8 Å². The van der Waals surface area contributed by atoms with Crippen LogP contribution in [0.2, 0.25) is 0 Å². The summed E-state index contributed by atoms with van der Waals surface area (Å²) >= 11 is 0. The molecule has 1 aromatic carbocycles. The molecular weight excluding hydrogens is 256 g/mol. The lowest BCUT2D eigenvalue weighted by Gasteiger charge is -2.17. The van der Waals surface area contributed by atoms with Gasteiger partial charge in [0.15, 0.2) is 5.82 Å². The number of aromatic hydroxyl groups is 2. The first-order valence-electron chi connectivity index (χ1n) is 5.09. The van der Waals surface area contributed by atoms with Gasteiger partial charge in [0.05, 0.1) is 18.4 Å². The van der Waals surface area contributed by atoms with E-state index in [1.165, 1.54) is 12.1 Å². The van der Waals surface area contributed by atoms with Crippen molar-refractivity contribution in [3.63, 3.8) is 0 Å². The van der Waals surface area contributed by atoms with Gasteiger partial charge in [0, 0.05) is 11.6 Å². The molecule has 1 aromatic heterocycles. The highest BCUT2D eigenvalue weighted by Crippen LogP contribution is 2.37. The number of phenolic OH excluding ortho intramolecular Hbond substituents is 2. The molecule has 2 aromatic rings. The zero-order valence-electron chi connectivity index (χ0n) is 9.16. The largest absolute Gasteiger partial charge is 0.508 e. The van der Waals surface area contributed by atoms with Gasteiger partial charge >= 0.3 is 0 Å². The maximum Gasteiger partial charge on any atom is 0.154 e. The van der Waals surface area contributed by atoms with Gasteiger partial charge in [0.1, 0.15) is 17.5 Å². The number of rotatable bonds is 1. The van der Waals surface area contributed by atoms with Gasteiger partial charge in [-0.15, -0.1) is 12.4 Å². The maximum absolute atomic E-state index is 9.82. The molecule has 1 aliphatic heterocycles. The number of benzene rings is 1. The molecule has 0 aliphatic carbocycles. The molecule has 0 radical (unpaired) electrons. The number of fused-ring (bicyclic) bond motifs is 1. The smallest absolute Gasteiger partial charge is 0.154 e. The molecule has 7 heteroatoms. The standard InChI is InChI=1S/C11H10N4O2.ClH/c16-6-1-2-7(8(17)3-6)9-10-11(14-4-12-9)15-5-13-10;/h1-5,9,16-17H,(H,12,14)(H,13,15);1H. The minimum atomic E-state index is -0.339. The number of phenols is 2. The molecule has 4 N–H and O–H groups in total. The van der Waals surface area contributed by atoms with Gasteiger partial charge in [-0.3, -0.25) is 4.99 Å². The number of nitrogens with one attached hydrogen (secondary N) is 2. The highest BCUT2D eigenvalue weighted by Gasteiger charge is 2.23. The van der Waals surface area contributed by atoms with Crippen LogP contribution in [0.1, 0.15) is 17.3 Å². The second-order valence-electron chi connectivity index (χ2n) is 3.73. The first kappa shape index (κ1) is 12.3. The summed E-state index contributed by atoms with van der Waals surface area (Å²) < 4.78 is 0. The minimum absolute atomic E-state index is 0. The third-order valence-electron chi connectivity index (χ3n) is 2.68. The Labute approximate surface area is 109 Å². The van der Waals surface area contributed by atoms with E-state index in [9.17, 15) is 10.2 Å². The average molecular weight is 267 g/mol. The van der Waals surface area contributed by atoms with E-state index in [2.05, 4.69) is 20.3 Å². The van der Waals surface area contributed by atoms with Crippen LogP contribution in [0.4, 0.5) is 5.82 Å². The molecule has 0 amide bonds. The lowest BCUT2D eigenvalue weighted by molar-refractivity contribution is 0.444. The molecular formula is C11H11ClN4O2. The number of imidazole rings is 1. The van der Waals surface area contributed by atoms with Crippen LogP contribution < -0.4 is 5.32 Å². The number of nitrogens with zero attached hydrogens (tertiary/aromatic N) is 2. The number of anilines is 1. The summed E-state index contributed by atoms with van der Waals surface area (Å²) in [6, 6.07) is 4.11. The number of aliphatic imine (C=N–C) groups is 1. The molecule has 0 spiro atoms. The Morgan fingerprint density at radius 2 is 2.06 bits per heavy atom. The number of hydrogen-bond donors (Lipinski definition) is 4. The summed E-state index contributed by atoms with van der Waals surface area (Å²) in [7, 11) is 0. The Morgan fingerprint density at radius 3 is 2.83 bits per heavy atom. The normalized spacial score (nSPS) is 16.6. The van der Waals surface area contributed by atoms with Gasteiger partial charge in [-0.25, -0.2) is 4.98 Å². The van der Waals surface area contributed by atoms with Crippen LogP contribution in [0.15, 0.2) is 29.5 Å². The SMILES string of the molecule is Cl.Oc1ccc(C2N=CNc3nc[nH]c32)c(O)c1. The zero-order chi connectivity index (χ0) is 11.8. The van der Waals surface area contributed by atoms with Gasteiger partial charge in [-0.05, 0) is 12.1 Å². The molecule has 0 saturated heterocycles. The second kappa shape index (κ2) is 4.58. The van der Waals surface area contributed by atoms with E-state index < -0.39 is 0 Å². The van der Waals surface area contributed by atoms with Crippen molar-refractivity contribution in [2.45, 2.75) is 6.04 Å². The first-order valence-corrected chi connectivity index (χ1v) is 5.09. The molecule has 2 heterocycles. The van der Waals surface area contributed by atoms with Gasteiger partial charge in [0.2, 0.25) is 0 Å². The Kier molecular flexibility index (Phi) is 3.12. The fraction of sp³-hybridized carbons (Fsp3) is 0.0909. The Balaban J connectivity index is 0.00000120. The van der Waals surface area contributed by atoms with Crippen molar-refractivity contribution in [2.75, 3.05) is 5.32 Å². The molecule has 1 atom stereocenters. The third kappa shape index (κ3) is 1.86. The second-order valence-corrected chi connectivity index (χ2v) is 3.73. The van der Waals surface area contributed by atoms with Crippen molar-refractivity contribution in [2.24, 2.45) is 4.99 Å². The molecule has 0 saturated carbocycles. The number of H-pyrrole nitrogens is 1. The van der Waals surface area contributed by atoms with E-state index in [-0.39, 0.29) is 29.9 Å². The van der Waals surface area contributed by atoms with Gasteiger partial charge in [-0.1, -0.05) is 0 Å². The van der Waals surface area contributed by atoms with Crippen LogP contribution in [0.25, 0.3) is 0 Å². The van der Waals surface area contributed by atoms with E-state index in [4.69, 9.17) is 0 Å². The summed E-state index contributed by atoms with van der Waals surface area (Å²) in [5.74, 6) is 0.723. The summed E-state index contributed by atoms with van der Waals surface area (Å²) in [4.78, 5) is 11.3. The average Bonchev–Trinajstić information content (AvgIpc) is 2.77. The highest BCUT2D eigenvalue weighted by molar-refractivity contribution is 5.85. The molecule has 94 valence electrons. The van der Waals surface area contributed by atoms with E-state index in [0.29, 0.717) is 11.4 Å². The fourth-order valence-electron chi connectivity index (χ4n) is 1.87. The molecule has 1 unspecified atom stereocenters. The Hall–Kier alpha value is -2.21. The van der Waals surface area contributed by atoms with Crippen molar-refractivity contribution in [1.82, 2.24) is 9.97 Å². The number of aromatic nitrogens is 2. The topological polar surface area (TPSA) is 93.5 Å². The molecule has 1 aliphatic rings. The predicted octanol–water partition coefficient (Wildman–Crippen LogP) is 1.79. The van der Waals surface area contributed by atoms with E-state index in [1.54, 1.807) is 18.7 Å². The van der Waals surface area contributed by atoms with E-state index >= 15 is 0 Å². The summed E-state index contributed by atoms with van der Waals surface area (Å²) in [6.45, 7) is 0. The lowest BCUT2D eigenvalue weighted by atomic mass is 10.0. The van der Waals surface area contributed by atoms with E-state index in [1.807, 2.05) is 0 Å². The van der Waals surface area contributed by atoms with Crippen molar-refractivity contribution < 1.29 is 10.2 Å². The Bertz CT molecular complexity index is 596. The van der Waals surface area contributed by atoms with Gasteiger partial charge < -0.3 is 20.5 Å². The van der Waals surface area contributed by atoms with Crippen molar-refractivity contribution in [1.29, 1.82) is 0 Å². The lowest BCUT2D eigenvalue weighted by Crippen LogP contribution is -2.11. The van der Waals surface area contributed by atoms with Crippen LogP contribution in [0, 0.1) is 0 Å². The molecule has 3 rings (SSSR count). The quantitative estimate of drug-likeness (QED) is 0.633. The first-order chi connectivity index (χ1) is 8.25. The van der Waals surface area contributed by atoms with Crippen molar-refractivity contribution >= 4 is 24.6 Å². The molecule has 0 bridgehead atoms. The van der Waals surface area contributed by atoms with Crippen LogP contribution in [0.5, 0.6) is 11.5 Å². The van der Waals surface area contributed by atoms with Crippen LogP contribution in [0.3, 0.4) is 0 Å². The van der Waals surface area contributed by atoms with Crippen LogP contribution >= 0.6 is 12.4 Å². The summed E-state index contributed by atoms with van der Waals surface area (Å²) in [5.41, 5.74) is 1.40. The summed E-state index contributed by atoms with van der Waals surface area (Å²) in [5, 5.41) is 22.0. The maximum atomic E-state index is 9.82. The monoisotopic (exact) mass is 266 g/mol. The number of hydrogen-bond acceptors (Lipinski definition) is 5.